The van der Waals surface area contributed by atoms with E-state index in [1.807, 2.05) is 30.3 Å². The van der Waals surface area contributed by atoms with E-state index < -0.39 is 10.0 Å². The van der Waals surface area contributed by atoms with Gasteiger partial charge in [-0.05, 0) is 72.9 Å². The molecule has 0 aromatic heterocycles. The number of thiocarbonyl (C=S) groups is 1. The topological polar surface area (TPSA) is 70.2 Å². The first-order valence-electron chi connectivity index (χ1n) is 7.94. The normalized spacial score (nSPS) is 10.9. The monoisotopic (exact) mass is 461 g/mol. The number of hydrogen-bond donors (Lipinski definition) is 3. The molecule has 0 fully saturated rings. The lowest BCUT2D eigenvalue weighted by molar-refractivity contribution is 0.601. The highest BCUT2D eigenvalue weighted by molar-refractivity contribution is 9.10. The van der Waals surface area contributed by atoms with Crippen molar-refractivity contribution in [3.05, 3.63) is 83.3 Å². The number of benzene rings is 3. The number of halogens is 1. The SMILES string of the molecule is O=S(=O)(Nc1ccc(Br)cc1)c1ccc(NC(=S)Nc2ccccc2)cc1. The lowest BCUT2D eigenvalue weighted by Crippen LogP contribution is -2.19. The van der Waals surface area contributed by atoms with Gasteiger partial charge in [-0.2, -0.15) is 0 Å². The van der Waals surface area contributed by atoms with Crippen LogP contribution in [-0.4, -0.2) is 13.5 Å². The van der Waals surface area contributed by atoms with Gasteiger partial charge < -0.3 is 10.6 Å². The summed E-state index contributed by atoms with van der Waals surface area (Å²) in [4.78, 5) is 0.165. The lowest BCUT2D eigenvalue weighted by Gasteiger charge is -2.12. The van der Waals surface area contributed by atoms with Gasteiger partial charge in [0.25, 0.3) is 10.0 Å². The van der Waals surface area contributed by atoms with Crippen molar-refractivity contribution in [2.24, 2.45) is 0 Å². The van der Waals surface area contributed by atoms with Crippen molar-refractivity contribution in [3.8, 4) is 0 Å². The molecule has 0 heterocycles. The Balaban J connectivity index is 1.65. The van der Waals surface area contributed by atoms with E-state index in [0.717, 1.165) is 10.2 Å². The largest absolute Gasteiger partial charge is 0.332 e. The first kappa shape index (κ1) is 19.3. The van der Waals surface area contributed by atoms with Gasteiger partial charge >= 0.3 is 0 Å². The first-order chi connectivity index (χ1) is 12.9. The molecule has 3 aromatic rings. The quantitative estimate of drug-likeness (QED) is 0.463. The van der Waals surface area contributed by atoms with Gasteiger partial charge in [0.1, 0.15) is 0 Å². The molecular weight excluding hydrogens is 446 g/mol. The van der Waals surface area contributed by atoms with Gasteiger partial charge in [-0.15, -0.1) is 0 Å². The van der Waals surface area contributed by atoms with Crippen molar-refractivity contribution in [3.63, 3.8) is 0 Å². The van der Waals surface area contributed by atoms with E-state index in [1.54, 1.807) is 36.4 Å². The molecule has 0 saturated carbocycles. The van der Waals surface area contributed by atoms with Crippen molar-refractivity contribution >= 4 is 60.3 Å². The Hall–Kier alpha value is -2.42. The second-order valence-corrected chi connectivity index (χ2v) is 8.59. The number of sulfonamides is 1. The molecule has 0 unspecified atom stereocenters. The maximum atomic E-state index is 12.5. The molecule has 8 heteroatoms. The standard InChI is InChI=1S/C19H16BrN3O2S2/c20-14-6-8-17(9-7-14)23-27(24,25)18-12-10-16(11-13-18)22-19(26)21-15-4-2-1-3-5-15/h1-13,23H,(H2,21,22,26). The summed E-state index contributed by atoms with van der Waals surface area (Å²) in [5.74, 6) is 0. The van der Waals surface area contributed by atoms with Crippen LogP contribution in [0.4, 0.5) is 17.1 Å². The number of rotatable bonds is 5. The number of para-hydroxylation sites is 1. The minimum Gasteiger partial charge on any atom is -0.332 e. The van der Waals surface area contributed by atoms with E-state index in [9.17, 15) is 8.42 Å². The molecule has 0 atom stereocenters. The summed E-state index contributed by atoms with van der Waals surface area (Å²) in [6.45, 7) is 0. The van der Waals surface area contributed by atoms with E-state index in [-0.39, 0.29) is 4.90 Å². The summed E-state index contributed by atoms with van der Waals surface area (Å²) in [6.07, 6.45) is 0. The molecule has 0 saturated heterocycles. The van der Waals surface area contributed by atoms with Gasteiger partial charge in [-0.1, -0.05) is 34.1 Å². The van der Waals surface area contributed by atoms with Crippen molar-refractivity contribution in [2.75, 3.05) is 15.4 Å². The molecule has 3 aromatic carbocycles. The van der Waals surface area contributed by atoms with Gasteiger partial charge in [-0.3, -0.25) is 4.72 Å². The Kier molecular flexibility index (Phi) is 6.10. The molecule has 27 heavy (non-hydrogen) atoms. The van der Waals surface area contributed by atoms with E-state index in [1.165, 1.54) is 12.1 Å². The minimum absolute atomic E-state index is 0.165. The molecule has 3 N–H and O–H groups in total. The summed E-state index contributed by atoms with van der Waals surface area (Å²) < 4.78 is 28.4. The molecule has 5 nitrogen and oxygen atoms in total. The third-order valence-corrected chi connectivity index (χ3v) is 5.68. The fourth-order valence-corrected chi connectivity index (χ4v) is 3.82. The number of anilines is 3. The third kappa shape index (κ3) is 5.53. The van der Waals surface area contributed by atoms with Gasteiger partial charge in [0.2, 0.25) is 0 Å². The number of nitrogens with one attached hydrogen (secondary N) is 3. The zero-order valence-corrected chi connectivity index (χ0v) is 17.2. The summed E-state index contributed by atoms with van der Waals surface area (Å²) >= 11 is 8.58. The van der Waals surface area contributed by atoms with Crippen LogP contribution >= 0.6 is 28.1 Å². The van der Waals surface area contributed by atoms with Crippen LogP contribution in [0.2, 0.25) is 0 Å². The maximum absolute atomic E-state index is 12.5. The van der Waals surface area contributed by atoms with E-state index >= 15 is 0 Å². The Morgan fingerprint density at radius 1 is 0.741 bits per heavy atom. The van der Waals surface area contributed by atoms with Crippen LogP contribution in [0.1, 0.15) is 0 Å². The van der Waals surface area contributed by atoms with Crippen molar-refractivity contribution in [2.45, 2.75) is 4.90 Å². The first-order valence-corrected chi connectivity index (χ1v) is 10.6. The van der Waals surface area contributed by atoms with Gasteiger partial charge in [0.05, 0.1) is 4.90 Å². The van der Waals surface area contributed by atoms with Crippen molar-refractivity contribution < 1.29 is 8.42 Å². The molecule has 0 aliphatic rings. The van der Waals surface area contributed by atoms with E-state index in [0.29, 0.717) is 16.5 Å². The second-order valence-electron chi connectivity index (χ2n) is 5.58. The van der Waals surface area contributed by atoms with Crippen molar-refractivity contribution in [1.29, 1.82) is 0 Å². The molecule has 0 bridgehead atoms. The summed E-state index contributed by atoms with van der Waals surface area (Å²) in [7, 11) is -3.66. The second kappa shape index (κ2) is 8.51. The average molecular weight is 462 g/mol. The average Bonchev–Trinajstić information content (AvgIpc) is 2.65. The zero-order valence-electron chi connectivity index (χ0n) is 14.0. The fraction of sp³-hybridized carbons (Fsp3) is 0. The molecule has 0 aliphatic carbocycles. The lowest BCUT2D eigenvalue weighted by atomic mass is 10.3. The van der Waals surface area contributed by atoms with Crippen LogP contribution in [0, 0.1) is 0 Å². The molecule has 0 radical (unpaired) electrons. The van der Waals surface area contributed by atoms with Crippen LogP contribution < -0.4 is 15.4 Å². The highest BCUT2D eigenvalue weighted by atomic mass is 79.9. The predicted molar refractivity (Wildman–Crippen MR) is 118 cm³/mol. The highest BCUT2D eigenvalue weighted by Gasteiger charge is 2.14. The van der Waals surface area contributed by atoms with Gasteiger partial charge in [0.15, 0.2) is 5.11 Å². The van der Waals surface area contributed by atoms with E-state index in [2.05, 4.69) is 31.3 Å². The van der Waals surface area contributed by atoms with Gasteiger partial charge in [0, 0.05) is 21.5 Å². The van der Waals surface area contributed by atoms with Crippen LogP contribution in [0.3, 0.4) is 0 Å². The Labute approximate surface area is 172 Å². The molecule has 0 amide bonds. The van der Waals surface area contributed by atoms with Crippen molar-refractivity contribution in [1.82, 2.24) is 0 Å². The van der Waals surface area contributed by atoms with Crippen LogP contribution in [-0.2, 0) is 10.0 Å². The smallest absolute Gasteiger partial charge is 0.261 e. The Bertz CT molecular complexity index is 1020. The molecular formula is C19H16BrN3O2S2. The number of hydrogen-bond acceptors (Lipinski definition) is 3. The Morgan fingerprint density at radius 2 is 1.26 bits per heavy atom. The molecule has 3 rings (SSSR count). The zero-order chi connectivity index (χ0) is 19.3. The van der Waals surface area contributed by atoms with Crippen LogP contribution in [0.5, 0.6) is 0 Å². The minimum atomic E-state index is -3.66. The molecule has 0 spiro atoms. The molecule has 0 aliphatic heterocycles. The molecule has 138 valence electrons. The van der Waals surface area contributed by atoms with Gasteiger partial charge in [-0.25, -0.2) is 8.42 Å². The van der Waals surface area contributed by atoms with Crippen LogP contribution in [0.25, 0.3) is 0 Å². The third-order valence-electron chi connectivity index (χ3n) is 3.55. The van der Waals surface area contributed by atoms with E-state index in [4.69, 9.17) is 12.2 Å². The summed E-state index contributed by atoms with van der Waals surface area (Å²) in [5, 5.41) is 6.50. The Morgan fingerprint density at radius 3 is 1.85 bits per heavy atom. The highest BCUT2D eigenvalue weighted by Crippen LogP contribution is 2.20. The summed E-state index contributed by atoms with van der Waals surface area (Å²) in [5.41, 5.74) is 2.05. The fourth-order valence-electron chi connectivity index (χ4n) is 2.26. The summed E-state index contributed by atoms with van der Waals surface area (Å²) in [6, 6.07) is 22.8. The maximum Gasteiger partial charge on any atom is 0.261 e. The van der Waals surface area contributed by atoms with Crippen LogP contribution in [0.15, 0.2) is 88.2 Å². The predicted octanol–water partition coefficient (Wildman–Crippen LogP) is 5.06.